The molecule has 1 aliphatic carbocycles. The van der Waals surface area contributed by atoms with Crippen molar-refractivity contribution in [2.24, 2.45) is 11.8 Å². The molecule has 0 saturated heterocycles. The largest absolute Gasteiger partial charge is 0.377 e. The standard InChI is InChI=1S/C11H24N2O/c1-3-11(14-4-2)10(13-12)8-7-9-5-6-9/h9-11,13H,3-8,12H2,1-2H3. The van der Waals surface area contributed by atoms with Gasteiger partial charge in [-0.05, 0) is 32.1 Å². The normalized spacial score (nSPS) is 20.8. The van der Waals surface area contributed by atoms with Gasteiger partial charge in [-0.25, -0.2) is 0 Å². The predicted molar refractivity (Wildman–Crippen MR) is 58.8 cm³/mol. The zero-order valence-corrected chi connectivity index (χ0v) is 9.46. The third-order valence-electron chi connectivity index (χ3n) is 3.03. The van der Waals surface area contributed by atoms with Crippen LogP contribution in [0.3, 0.4) is 0 Å². The highest BCUT2D eigenvalue weighted by atomic mass is 16.5. The molecule has 1 rings (SSSR count). The quantitative estimate of drug-likeness (QED) is 0.464. The van der Waals surface area contributed by atoms with E-state index in [-0.39, 0.29) is 6.10 Å². The molecule has 3 N–H and O–H groups in total. The van der Waals surface area contributed by atoms with Gasteiger partial charge >= 0.3 is 0 Å². The Hall–Kier alpha value is -0.120. The van der Waals surface area contributed by atoms with Gasteiger partial charge in [0.05, 0.1) is 6.10 Å². The third kappa shape index (κ3) is 3.95. The van der Waals surface area contributed by atoms with E-state index in [0.717, 1.165) is 25.4 Å². The van der Waals surface area contributed by atoms with E-state index in [9.17, 15) is 0 Å². The van der Waals surface area contributed by atoms with E-state index >= 15 is 0 Å². The molecule has 1 saturated carbocycles. The Morgan fingerprint density at radius 3 is 2.57 bits per heavy atom. The highest BCUT2D eigenvalue weighted by Gasteiger charge is 2.25. The van der Waals surface area contributed by atoms with E-state index in [1.807, 2.05) is 6.92 Å². The SMILES string of the molecule is CCOC(CC)C(CCC1CC1)NN. The van der Waals surface area contributed by atoms with Crippen LogP contribution < -0.4 is 11.3 Å². The van der Waals surface area contributed by atoms with Crippen molar-refractivity contribution in [3.63, 3.8) is 0 Å². The number of ether oxygens (including phenoxy) is 1. The molecular formula is C11H24N2O. The van der Waals surface area contributed by atoms with Crippen molar-refractivity contribution in [2.75, 3.05) is 6.61 Å². The second kappa shape index (κ2) is 6.38. The van der Waals surface area contributed by atoms with Crippen molar-refractivity contribution in [3.8, 4) is 0 Å². The van der Waals surface area contributed by atoms with Gasteiger partial charge in [-0.1, -0.05) is 19.8 Å². The molecule has 0 aromatic heterocycles. The summed E-state index contributed by atoms with van der Waals surface area (Å²) >= 11 is 0. The van der Waals surface area contributed by atoms with Gasteiger partial charge in [0.25, 0.3) is 0 Å². The molecule has 3 heteroatoms. The molecule has 3 nitrogen and oxygen atoms in total. The lowest BCUT2D eigenvalue weighted by Gasteiger charge is -2.25. The van der Waals surface area contributed by atoms with E-state index in [1.165, 1.54) is 19.3 Å². The van der Waals surface area contributed by atoms with Crippen LogP contribution in [-0.4, -0.2) is 18.8 Å². The van der Waals surface area contributed by atoms with Gasteiger partial charge in [-0.3, -0.25) is 11.3 Å². The summed E-state index contributed by atoms with van der Waals surface area (Å²) in [6, 6.07) is 0.334. The number of nitrogens with one attached hydrogen (secondary N) is 1. The van der Waals surface area contributed by atoms with Gasteiger partial charge in [0.1, 0.15) is 0 Å². The van der Waals surface area contributed by atoms with Crippen molar-refractivity contribution in [2.45, 2.75) is 58.1 Å². The molecule has 1 fully saturated rings. The Morgan fingerprint density at radius 2 is 2.14 bits per heavy atom. The molecule has 0 aromatic carbocycles. The summed E-state index contributed by atoms with van der Waals surface area (Å²) in [7, 11) is 0. The molecule has 0 bridgehead atoms. The topological polar surface area (TPSA) is 47.3 Å². The molecule has 84 valence electrons. The lowest BCUT2D eigenvalue weighted by Crippen LogP contribution is -2.45. The summed E-state index contributed by atoms with van der Waals surface area (Å²) in [5, 5.41) is 0. The Bertz CT molecular complexity index is 148. The molecule has 0 radical (unpaired) electrons. The third-order valence-corrected chi connectivity index (χ3v) is 3.03. The lowest BCUT2D eigenvalue weighted by molar-refractivity contribution is 0.0288. The van der Waals surface area contributed by atoms with E-state index < -0.39 is 0 Å². The average molecular weight is 200 g/mol. The second-order valence-electron chi connectivity index (χ2n) is 4.20. The van der Waals surface area contributed by atoms with Crippen LogP contribution in [0, 0.1) is 5.92 Å². The van der Waals surface area contributed by atoms with Gasteiger partial charge < -0.3 is 4.74 Å². The minimum Gasteiger partial charge on any atom is -0.377 e. The summed E-state index contributed by atoms with van der Waals surface area (Å²) in [5.41, 5.74) is 2.90. The second-order valence-corrected chi connectivity index (χ2v) is 4.20. The summed E-state index contributed by atoms with van der Waals surface area (Å²) in [5.74, 6) is 6.53. The van der Waals surface area contributed by atoms with Gasteiger partial charge in [-0.2, -0.15) is 0 Å². The number of nitrogens with two attached hydrogens (primary N) is 1. The van der Waals surface area contributed by atoms with Crippen LogP contribution in [0.15, 0.2) is 0 Å². The molecule has 0 spiro atoms. The minimum atomic E-state index is 0.281. The van der Waals surface area contributed by atoms with Crippen LogP contribution in [0.2, 0.25) is 0 Å². The maximum atomic E-state index is 5.65. The van der Waals surface area contributed by atoms with Crippen LogP contribution in [0.5, 0.6) is 0 Å². The number of rotatable bonds is 8. The fourth-order valence-electron chi connectivity index (χ4n) is 1.93. The number of hydrogen-bond donors (Lipinski definition) is 2. The summed E-state index contributed by atoms with van der Waals surface area (Å²) in [6.45, 7) is 4.97. The zero-order chi connectivity index (χ0) is 10.4. The Balaban J connectivity index is 2.24. The van der Waals surface area contributed by atoms with Crippen LogP contribution in [0.4, 0.5) is 0 Å². The van der Waals surface area contributed by atoms with Crippen molar-refractivity contribution >= 4 is 0 Å². The Kier molecular flexibility index (Phi) is 5.45. The molecule has 2 unspecified atom stereocenters. The van der Waals surface area contributed by atoms with Crippen LogP contribution in [-0.2, 0) is 4.74 Å². The maximum Gasteiger partial charge on any atom is 0.0738 e. The van der Waals surface area contributed by atoms with E-state index in [4.69, 9.17) is 10.6 Å². The fourth-order valence-corrected chi connectivity index (χ4v) is 1.93. The van der Waals surface area contributed by atoms with Gasteiger partial charge in [0, 0.05) is 12.6 Å². The van der Waals surface area contributed by atoms with Gasteiger partial charge in [0.15, 0.2) is 0 Å². The minimum absolute atomic E-state index is 0.281. The number of hydrazine groups is 1. The van der Waals surface area contributed by atoms with Crippen molar-refractivity contribution in [1.82, 2.24) is 5.43 Å². The highest BCUT2D eigenvalue weighted by Crippen LogP contribution is 2.34. The summed E-state index contributed by atoms with van der Waals surface area (Å²) in [4.78, 5) is 0. The van der Waals surface area contributed by atoms with Gasteiger partial charge in [0.2, 0.25) is 0 Å². The van der Waals surface area contributed by atoms with E-state index in [0.29, 0.717) is 6.04 Å². The van der Waals surface area contributed by atoms with E-state index in [2.05, 4.69) is 12.3 Å². The van der Waals surface area contributed by atoms with Crippen LogP contribution in [0.1, 0.15) is 46.0 Å². The first-order valence-corrected chi connectivity index (χ1v) is 5.89. The smallest absolute Gasteiger partial charge is 0.0738 e. The van der Waals surface area contributed by atoms with Gasteiger partial charge in [-0.15, -0.1) is 0 Å². The fraction of sp³-hybridized carbons (Fsp3) is 1.00. The van der Waals surface area contributed by atoms with Crippen molar-refractivity contribution in [1.29, 1.82) is 0 Å². The van der Waals surface area contributed by atoms with Crippen molar-refractivity contribution < 1.29 is 4.74 Å². The average Bonchev–Trinajstić information content (AvgIpc) is 3.00. The zero-order valence-electron chi connectivity index (χ0n) is 9.46. The van der Waals surface area contributed by atoms with Crippen molar-refractivity contribution in [3.05, 3.63) is 0 Å². The molecule has 14 heavy (non-hydrogen) atoms. The summed E-state index contributed by atoms with van der Waals surface area (Å²) < 4.78 is 5.65. The van der Waals surface area contributed by atoms with Crippen LogP contribution in [0.25, 0.3) is 0 Å². The summed E-state index contributed by atoms with van der Waals surface area (Å²) in [6.07, 6.45) is 6.61. The Labute approximate surface area is 87.4 Å². The van der Waals surface area contributed by atoms with Crippen LogP contribution >= 0.6 is 0 Å². The predicted octanol–water partition coefficient (Wildman–Crippen LogP) is 1.82. The highest BCUT2D eigenvalue weighted by molar-refractivity contribution is 4.79. The molecule has 0 heterocycles. The molecule has 0 aromatic rings. The molecule has 1 aliphatic rings. The lowest BCUT2D eigenvalue weighted by atomic mass is 10.0. The molecule has 0 amide bonds. The number of hydrogen-bond acceptors (Lipinski definition) is 3. The molecular weight excluding hydrogens is 176 g/mol. The first kappa shape index (κ1) is 12.0. The monoisotopic (exact) mass is 200 g/mol. The van der Waals surface area contributed by atoms with E-state index in [1.54, 1.807) is 0 Å². The molecule has 0 aliphatic heterocycles. The first-order valence-electron chi connectivity index (χ1n) is 5.89. The maximum absolute atomic E-state index is 5.65. The Morgan fingerprint density at radius 1 is 1.43 bits per heavy atom. The molecule has 2 atom stereocenters. The first-order chi connectivity index (χ1) is 6.81.